The number of thioether (sulfide) groups is 1. The Balaban J connectivity index is 1.68. The largest absolute Gasteiger partial charge is 0.481 e. The predicted molar refractivity (Wildman–Crippen MR) is 74.2 cm³/mol. The molecule has 1 aromatic rings. The van der Waals surface area contributed by atoms with Gasteiger partial charge in [0, 0.05) is 10.9 Å². The van der Waals surface area contributed by atoms with Crippen molar-refractivity contribution in [2.24, 2.45) is 5.92 Å². The summed E-state index contributed by atoms with van der Waals surface area (Å²) in [4.78, 5) is 23.4. The first kappa shape index (κ1) is 13.9. The number of carboxylic acids is 1. The second-order valence-electron chi connectivity index (χ2n) is 4.87. The first-order chi connectivity index (χ1) is 9.04. The standard InChI is InChI=1S/C14H17NO3S/c1-9-2-4-12(5-3-9)19-8-13(16)15-11-6-10(7-11)14(17)18/h2-5,10-11H,6-8H2,1H3,(H,15,16)(H,17,18). The van der Waals surface area contributed by atoms with E-state index in [2.05, 4.69) is 5.32 Å². The Hall–Kier alpha value is -1.49. The Morgan fingerprint density at radius 2 is 1.95 bits per heavy atom. The molecule has 1 aliphatic rings. The van der Waals surface area contributed by atoms with Gasteiger partial charge in [-0.3, -0.25) is 9.59 Å². The molecular formula is C14H17NO3S. The van der Waals surface area contributed by atoms with Crippen molar-refractivity contribution in [1.82, 2.24) is 5.32 Å². The maximum Gasteiger partial charge on any atom is 0.306 e. The molecule has 102 valence electrons. The second-order valence-corrected chi connectivity index (χ2v) is 5.92. The molecule has 1 amide bonds. The molecule has 0 aromatic heterocycles. The van der Waals surface area contributed by atoms with E-state index in [1.165, 1.54) is 17.3 Å². The highest BCUT2D eigenvalue weighted by atomic mass is 32.2. The molecule has 1 saturated carbocycles. The van der Waals surface area contributed by atoms with Crippen molar-refractivity contribution in [2.75, 3.05) is 5.75 Å². The molecule has 0 atom stereocenters. The lowest BCUT2D eigenvalue weighted by Crippen LogP contribution is -2.47. The van der Waals surface area contributed by atoms with E-state index in [-0.39, 0.29) is 17.9 Å². The van der Waals surface area contributed by atoms with Crippen LogP contribution in [0, 0.1) is 12.8 Å². The molecule has 1 aromatic carbocycles. The number of nitrogens with one attached hydrogen (secondary N) is 1. The monoisotopic (exact) mass is 279 g/mol. The molecule has 1 fully saturated rings. The van der Waals surface area contributed by atoms with Crippen LogP contribution in [-0.2, 0) is 9.59 Å². The number of benzene rings is 1. The van der Waals surface area contributed by atoms with Crippen LogP contribution >= 0.6 is 11.8 Å². The average molecular weight is 279 g/mol. The summed E-state index contributed by atoms with van der Waals surface area (Å²) in [7, 11) is 0. The topological polar surface area (TPSA) is 66.4 Å². The Morgan fingerprint density at radius 3 is 2.53 bits per heavy atom. The number of amides is 1. The summed E-state index contributed by atoms with van der Waals surface area (Å²) in [5.41, 5.74) is 1.20. The van der Waals surface area contributed by atoms with Gasteiger partial charge in [-0.2, -0.15) is 0 Å². The fourth-order valence-corrected chi connectivity index (χ4v) is 2.70. The molecule has 19 heavy (non-hydrogen) atoms. The first-order valence-corrected chi connectivity index (χ1v) is 7.25. The number of hydrogen-bond donors (Lipinski definition) is 2. The third-order valence-electron chi connectivity index (χ3n) is 3.24. The van der Waals surface area contributed by atoms with E-state index < -0.39 is 5.97 Å². The number of aryl methyl sites for hydroxylation is 1. The molecule has 0 radical (unpaired) electrons. The number of carboxylic acid groups (broad SMARTS) is 1. The summed E-state index contributed by atoms with van der Waals surface area (Å²) >= 11 is 1.49. The Kier molecular flexibility index (Phi) is 4.47. The van der Waals surface area contributed by atoms with Gasteiger partial charge in [0.1, 0.15) is 0 Å². The molecule has 2 N–H and O–H groups in total. The average Bonchev–Trinajstić information content (AvgIpc) is 2.32. The fourth-order valence-electron chi connectivity index (χ4n) is 1.99. The number of aliphatic carboxylic acids is 1. The molecule has 0 heterocycles. The molecule has 0 spiro atoms. The van der Waals surface area contributed by atoms with Gasteiger partial charge in [0.05, 0.1) is 11.7 Å². The van der Waals surface area contributed by atoms with Gasteiger partial charge in [-0.15, -0.1) is 11.8 Å². The van der Waals surface area contributed by atoms with Gasteiger partial charge in [-0.25, -0.2) is 0 Å². The minimum Gasteiger partial charge on any atom is -0.481 e. The molecule has 0 saturated heterocycles. The van der Waals surface area contributed by atoms with Crippen LogP contribution in [0.3, 0.4) is 0 Å². The van der Waals surface area contributed by atoms with Crippen molar-refractivity contribution in [3.8, 4) is 0 Å². The highest BCUT2D eigenvalue weighted by molar-refractivity contribution is 8.00. The normalized spacial score (nSPS) is 21.5. The molecule has 5 heteroatoms. The van der Waals surface area contributed by atoms with E-state index in [1.54, 1.807) is 0 Å². The van der Waals surface area contributed by atoms with Gasteiger partial charge in [0.2, 0.25) is 5.91 Å². The zero-order chi connectivity index (χ0) is 13.8. The molecule has 0 aliphatic heterocycles. The molecule has 0 unspecified atom stereocenters. The highest BCUT2D eigenvalue weighted by Crippen LogP contribution is 2.27. The lowest BCUT2D eigenvalue weighted by Gasteiger charge is -2.32. The lowest BCUT2D eigenvalue weighted by atomic mass is 9.80. The molecular weight excluding hydrogens is 262 g/mol. The molecule has 0 bridgehead atoms. The van der Waals surface area contributed by atoms with Crippen molar-refractivity contribution in [2.45, 2.75) is 30.7 Å². The summed E-state index contributed by atoms with van der Waals surface area (Å²) < 4.78 is 0. The quantitative estimate of drug-likeness (QED) is 0.810. The Labute approximate surface area is 116 Å². The zero-order valence-electron chi connectivity index (χ0n) is 10.8. The van der Waals surface area contributed by atoms with Gasteiger partial charge < -0.3 is 10.4 Å². The summed E-state index contributed by atoms with van der Waals surface area (Å²) in [6.07, 6.45) is 1.10. The summed E-state index contributed by atoms with van der Waals surface area (Å²) in [6.45, 7) is 2.02. The van der Waals surface area contributed by atoms with Crippen LogP contribution in [0.5, 0.6) is 0 Å². The maximum absolute atomic E-state index is 11.7. The Morgan fingerprint density at radius 1 is 1.32 bits per heavy atom. The molecule has 2 rings (SSSR count). The van der Waals surface area contributed by atoms with Gasteiger partial charge in [-0.05, 0) is 31.9 Å². The number of carbonyl (C=O) groups is 2. The number of carbonyl (C=O) groups excluding carboxylic acids is 1. The highest BCUT2D eigenvalue weighted by Gasteiger charge is 2.35. The van der Waals surface area contributed by atoms with Crippen molar-refractivity contribution in [3.05, 3.63) is 29.8 Å². The van der Waals surface area contributed by atoms with Gasteiger partial charge in [0.25, 0.3) is 0 Å². The van der Waals surface area contributed by atoms with E-state index in [9.17, 15) is 9.59 Å². The van der Waals surface area contributed by atoms with Crippen LogP contribution in [0.25, 0.3) is 0 Å². The van der Waals surface area contributed by atoms with Crippen molar-refractivity contribution >= 4 is 23.6 Å². The van der Waals surface area contributed by atoms with E-state index in [1.807, 2.05) is 31.2 Å². The van der Waals surface area contributed by atoms with E-state index in [0.717, 1.165) is 4.90 Å². The van der Waals surface area contributed by atoms with Gasteiger partial charge in [-0.1, -0.05) is 17.7 Å². The zero-order valence-corrected chi connectivity index (χ0v) is 11.6. The van der Waals surface area contributed by atoms with E-state index >= 15 is 0 Å². The van der Waals surface area contributed by atoms with Crippen LogP contribution in [0.1, 0.15) is 18.4 Å². The minimum atomic E-state index is -0.764. The predicted octanol–water partition coefficient (Wildman–Crippen LogP) is 2.07. The minimum absolute atomic E-state index is 0.0283. The van der Waals surface area contributed by atoms with Crippen LogP contribution < -0.4 is 5.32 Å². The third-order valence-corrected chi connectivity index (χ3v) is 4.26. The van der Waals surface area contributed by atoms with Crippen LogP contribution in [0.2, 0.25) is 0 Å². The molecule has 4 nitrogen and oxygen atoms in total. The number of hydrogen-bond acceptors (Lipinski definition) is 3. The summed E-state index contributed by atoms with van der Waals surface area (Å²) in [5.74, 6) is -0.703. The summed E-state index contributed by atoms with van der Waals surface area (Å²) in [5, 5.41) is 11.6. The maximum atomic E-state index is 11.7. The van der Waals surface area contributed by atoms with Crippen molar-refractivity contribution < 1.29 is 14.7 Å². The van der Waals surface area contributed by atoms with E-state index in [0.29, 0.717) is 18.6 Å². The SMILES string of the molecule is Cc1ccc(SCC(=O)NC2CC(C(=O)O)C2)cc1. The number of rotatable bonds is 5. The van der Waals surface area contributed by atoms with Crippen molar-refractivity contribution in [3.63, 3.8) is 0 Å². The fraction of sp³-hybridized carbons (Fsp3) is 0.429. The first-order valence-electron chi connectivity index (χ1n) is 6.26. The second kappa shape index (κ2) is 6.10. The Bertz CT molecular complexity index is 466. The van der Waals surface area contributed by atoms with Crippen LogP contribution in [-0.4, -0.2) is 28.8 Å². The smallest absolute Gasteiger partial charge is 0.306 e. The van der Waals surface area contributed by atoms with Crippen LogP contribution in [0.15, 0.2) is 29.2 Å². The van der Waals surface area contributed by atoms with Gasteiger partial charge in [0.15, 0.2) is 0 Å². The van der Waals surface area contributed by atoms with E-state index in [4.69, 9.17) is 5.11 Å². The summed E-state index contributed by atoms with van der Waals surface area (Å²) in [6, 6.07) is 8.06. The molecule has 1 aliphatic carbocycles. The van der Waals surface area contributed by atoms with Crippen LogP contribution in [0.4, 0.5) is 0 Å². The lowest BCUT2D eigenvalue weighted by molar-refractivity contribution is -0.146. The van der Waals surface area contributed by atoms with Gasteiger partial charge >= 0.3 is 5.97 Å². The third kappa shape index (κ3) is 3.99. The van der Waals surface area contributed by atoms with Crippen molar-refractivity contribution in [1.29, 1.82) is 0 Å².